The lowest BCUT2D eigenvalue weighted by atomic mass is 10.1. The highest BCUT2D eigenvalue weighted by atomic mass is 35.5. The number of hydrogen-bond acceptors (Lipinski definition) is 5. The smallest absolute Gasteiger partial charge is 0.329 e. The highest BCUT2D eigenvalue weighted by molar-refractivity contribution is 7.89. The lowest BCUT2D eigenvalue weighted by Crippen LogP contribution is -2.28. The van der Waals surface area contributed by atoms with E-state index in [1.807, 2.05) is 4.72 Å². The molecule has 0 amide bonds. The average molecular weight is 438 g/mol. The Morgan fingerprint density at radius 3 is 2.30 bits per heavy atom. The summed E-state index contributed by atoms with van der Waals surface area (Å²) >= 11 is 5.54. The van der Waals surface area contributed by atoms with Crippen molar-refractivity contribution in [3.8, 4) is 0 Å². The van der Waals surface area contributed by atoms with E-state index in [-0.39, 0.29) is 5.56 Å². The van der Waals surface area contributed by atoms with Crippen molar-refractivity contribution in [3.63, 3.8) is 0 Å². The molecule has 2 rings (SSSR count). The molecule has 1 atom stereocenters. The number of nitrogens with zero attached hydrogens (tertiary/aromatic N) is 2. The first-order valence-corrected chi connectivity index (χ1v) is 8.96. The van der Waals surface area contributed by atoms with Crippen LogP contribution in [0.2, 0.25) is 0 Å². The van der Waals surface area contributed by atoms with Gasteiger partial charge in [-0.25, -0.2) is 13.1 Å². The first-order chi connectivity index (χ1) is 12.3. The third-order valence-electron chi connectivity index (χ3n) is 3.22. The van der Waals surface area contributed by atoms with E-state index in [0.717, 1.165) is 6.92 Å². The molecule has 2 aromatic rings. The Morgan fingerprint density at radius 2 is 1.81 bits per heavy atom. The van der Waals surface area contributed by atoms with E-state index >= 15 is 0 Å². The lowest BCUT2D eigenvalue weighted by molar-refractivity contribution is -0.159. The van der Waals surface area contributed by atoms with Gasteiger partial charge in [0.2, 0.25) is 10.0 Å². The van der Waals surface area contributed by atoms with Crippen LogP contribution in [0.15, 0.2) is 27.6 Å². The maximum atomic E-state index is 12.7. The van der Waals surface area contributed by atoms with Crippen LogP contribution in [0, 0.1) is 0 Å². The van der Waals surface area contributed by atoms with Crippen LogP contribution in [-0.4, -0.2) is 18.6 Å². The molecular formula is C13H10ClF6N3O3S. The largest absolute Gasteiger partial charge is 0.471 e. The summed E-state index contributed by atoms with van der Waals surface area (Å²) in [7, 11) is -4.44. The maximum Gasteiger partial charge on any atom is 0.471 e. The molecule has 0 aliphatic carbocycles. The first-order valence-electron chi connectivity index (χ1n) is 6.95. The highest BCUT2D eigenvalue weighted by Crippen LogP contribution is 2.33. The van der Waals surface area contributed by atoms with Crippen LogP contribution in [0.25, 0.3) is 0 Å². The van der Waals surface area contributed by atoms with Gasteiger partial charge in [0, 0.05) is 5.88 Å². The van der Waals surface area contributed by atoms with Gasteiger partial charge in [0.15, 0.2) is 5.82 Å². The molecule has 1 aromatic heterocycles. The van der Waals surface area contributed by atoms with E-state index in [1.165, 1.54) is 0 Å². The predicted octanol–water partition coefficient (Wildman–Crippen LogP) is 3.89. The Balaban J connectivity index is 2.32. The lowest BCUT2D eigenvalue weighted by Gasteiger charge is -2.15. The van der Waals surface area contributed by atoms with Gasteiger partial charge < -0.3 is 4.52 Å². The quantitative estimate of drug-likeness (QED) is 0.566. The van der Waals surface area contributed by atoms with Crippen LogP contribution in [0.5, 0.6) is 0 Å². The number of alkyl halides is 7. The number of sulfonamides is 1. The molecule has 0 aliphatic rings. The van der Waals surface area contributed by atoms with Gasteiger partial charge in [-0.15, -0.1) is 11.6 Å². The van der Waals surface area contributed by atoms with Crippen LogP contribution in [0.3, 0.4) is 0 Å². The molecule has 1 N–H and O–H groups in total. The molecule has 1 aromatic carbocycles. The third kappa shape index (κ3) is 4.90. The first kappa shape index (κ1) is 21.4. The van der Waals surface area contributed by atoms with Crippen molar-refractivity contribution in [2.24, 2.45) is 0 Å². The standard InChI is InChI=1S/C13H10ClF6N3O3S/c1-6(10-21-11(26-22-10)13(18,19)20)23-27(24,25)9-3-2-8(12(15,16)17)4-7(9)5-14/h2-4,6,23H,5H2,1H3. The fraction of sp³-hybridized carbons (Fsp3) is 0.385. The number of hydrogen-bond donors (Lipinski definition) is 1. The Hall–Kier alpha value is -1.86. The van der Waals surface area contributed by atoms with Gasteiger partial charge in [-0.05, 0) is 30.7 Å². The topological polar surface area (TPSA) is 85.1 Å². The third-order valence-corrected chi connectivity index (χ3v) is 5.15. The van der Waals surface area contributed by atoms with Crippen molar-refractivity contribution in [1.82, 2.24) is 14.9 Å². The molecule has 1 unspecified atom stereocenters. The van der Waals surface area contributed by atoms with Crippen LogP contribution in [0.1, 0.15) is 35.8 Å². The average Bonchev–Trinajstić information content (AvgIpc) is 3.03. The van der Waals surface area contributed by atoms with Crippen molar-refractivity contribution < 1.29 is 39.3 Å². The molecule has 0 spiro atoms. The van der Waals surface area contributed by atoms with Gasteiger partial charge in [0.1, 0.15) is 0 Å². The number of rotatable bonds is 5. The number of nitrogens with one attached hydrogen (secondary N) is 1. The van der Waals surface area contributed by atoms with Crippen LogP contribution in [-0.2, 0) is 28.3 Å². The summed E-state index contributed by atoms with van der Waals surface area (Å²) in [6.45, 7) is 1.13. The summed E-state index contributed by atoms with van der Waals surface area (Å²) in [4.78, 5) is 2.49. The van der Waals surface area contributed by atoms with E-state index in [0.29, 0.717) is 18.2 Å². The molecule has 6 nitrogen and oxygen atoms in total. The van der Waals surface area contributed by atoms with E-state index in [4.69, 9.17) is 11.6 Å². The van der Waals surface area contributed by atoms with Gasteiger partial charge >= 0.3 is 18.2 Å². The zero-order valence-electron chi connectivity index (χ0n) is 13.2. The summed E-state index contributed by atoms with van der Waals surface area (Å²) < 4.78 is 106. The zero-order chi connectivity index (χ0) is 20.6. The molecule has 27 heavy (non-hydrogen) atoms. The second-order valence-electron chi connectivity index (χ2n) is 5.25. The molecule has 150 valence electrons. The molecule has 0 aliphatic heterocycles. The summed E-state index contributed by atoms with van der Waals surface area (Å²) in [5.74, 6) is -2.82. The Bertz CT molecular complexity index is 926. The molecule has 14 heteroatoms. The summed E-state index contributed by atoms with van der Waals surface area (Å²) in [5.41, 5.74) is -1.44. The molecule has 0 fully saturated rings. The zero-order valence-corrected chi connectivity index (χ0v) is 14.8. The van der Waals surface area contributed by atoms with Gasteiger partial charge in [-0.1, -0.05) is 5.16 Å². The fourth-order valence-corrected chi connectivity index (χ4v) is 3.72. The Morgan fingerprint density at radius 1 is 1.19 bits per heavy atom. The van der Waals surface area contributed by atoms with Crippen molar-refractivity contribution in [3.05, 3.63) is 41.0 Å². The Kier molecular flexibility index (Phi) is 5.78. The van der Waals surface area contributed by atoms with Gasteiger partial charge in [0.25, 0.3) is 0 Å². The number of aromatic nitrogens is 2. The van der Waals surface area contributed by atoms with Crippen LogP contribution in [0.4, 0.5) is 26.3 Å². The van der Waals surface area contributed by atoms with Crippen LogP contribution < -0.4 is 4.72 Å². The van der Waals surface area contributed by atoms with E-state index in [9.17, 15) is 34.8 Å². The minimum atomic E-state index is -4.91. The van der Waals surface area contributed by atoms with Gasteiger partial charge in [-0.2, -0.15) is 31.3 Å². The molecule has 0 saturated carbocycles. The van der Waals surface area contributed by atoms with Crippen LogP contribution >= 0.6 is 11.6 Å². The van der Waals surface area contributed by atoms with Gasteiger partial charge in [-0.3, -0.25) is 0 Å². The molecule has 0 bridgehead atoms. The van der Waals surface area contributed by atoms with Crippen molar-refractivity contribution >= 4 is 21.6 Å². The Labute approximate surface area is 153 Å². The fourth-order valence-electron chi connectivity index (χ4n) is 2.00. The summed E-state index contributed by atoms with van der Waals surface area (Å²) in [5, 5.41) is 3.04. The normalized spacial score (nSPS) is 14.4. The molecular weight excluding hydrogens is 428 g/mol. The second kappa shape index (κ2) is 7.28. The van der Waals surface area contributed by atoms with Gasteiger partial charge in [0.05, 0.1) is 16.5 Å². The monoisotopic (exact) mass is 437 g/mol. The SMILES string of the molecule is CC(NS(=O)(=O)c1ccc(C(F)(F)F)cc1CCl)c1noc(C(F)(F)F)n1. The summed E-state index contributed by atoms with van der Waals surface area (Å²) in [6.07, 6.45) is -9.62. The predicted molar refractivity (Wildman–Crippen MR) is 79.0 cm³/mol. The van der Waals surface area contributed by atoms with E-state index < -0.39 is 56.5 Å². The minimum Gasteiger partial charge on any atom is -0.329 e. The van der Waals surface area contributed by atoms with E-state index in [2.05, 4.69) is 14.7 Å². The van der Waals surface area contributed by atoms with Crippen molar-refractivity contribution in [2.45, 2.75) is 36.1 Å². The second-order valence-corrected chi connectivity index (χ2v) is 7.20. The number of halogens is 7. The minimum absolute atomic E-state index is 0.338. The van der Waals surface area contributed by atoms with Crippen molar-refractivity contribution in [2.75, 3.05) is 0 Å². The highest BCUT2D eigenvalue weighted by Gasteiger charge is 2.39. The summed E-state index contributed by atoms with van der Waals surface area (Å²) in [6, 6.07) is 0.459. The molecule has 0 radical (unpaired) electrons. The number of benzene rings is 1. The molecule has 0 saturated heterocycles. The maximum absolute atomic E-state index is 12.7. The van der Waals surface area contributed by atoms with Crippen molar-refractivity contribution in [1.29, 1.82) is 0 Å². The molecule has 1 heterocycles. The van der Waals surface area contributed by atoms with E-state index in [1.54, 1.807) is 0 Å².